The summed E-state index contributed by atoms with van der Waals surface area (Å²) in [6.07, 6.45) is 1.06. The Morgan fingerprint density at radius 2 is 1.60 bits per heavy atom. The fourth-order valence-corrected chi connectivity index (χ4v) is 9.05. The van der Waals surface area contributed by atoms with Crippen LogP contribution in [0.15, 0.2) is 66.4 Å². The van der Waals surface area contributed by atoms with Crippen LogP contribution in [-0.2, 0) is 36.1 Å². The molecule has 2 aromatic heterocycles. The van der Waals surface area contributed by atoms with E-state index in [0.717, 1.165) is 9.25 Å². The summed E-state index contributed by atoms with van der Waals surface area (Å²) in [4.78, 5) is 69.2. The number of hydrogen-bond donors (Lipinski definition) is 1. The fraction of sp³-hybridized carbons (Fsp3) is 0.353. The molecule has 1 N–H and O–H groups in total. The number of aryl methyl sites for hydroxylation is 2. The smallest absolute Gasteiger partial charge is 0.347 e. The number of phenolic OH excluding ortho intramolecular Hbond substituents is 1. The van der Waals surface area contributed by atoms with E-state index in [9.17, 15) is 29.1 Å². The number of phenols is 1. The van der Waals surface area contributed by atoms with Crippen molar-refractivity contribution in [2.45, 2.75) is 47.6 Å². The number of rotatable bonds is 7. The zero-order valence-corrected chi connectivity index (χ0v) is 30.9. The number of halogens is 4. The van der Waals surface area contributed by atoms with Crippen LogP contribution >= 0.6 is 46.4 Å². The number of ketones is 2. The van der Waals surface area contributed by atoms with E-state index in [1.54, 1.807) is 25.3 Å². The zero-order chi connectivity index (χ0) is 37.6. The topological polar surface area (TPSA) is 166 Å². The Hall–Kier alpha value is -4.50. The molecular formula is C34H29Cl4N5O9. The summed E-state index contributed by atoms with van der Waals surface area (Å²) >= 11 is 27.0. The van der Waals surface area contributed by atoms with Gasteiger partial charge in [-0.25, -0.2) is 28.5 Å². The molecular weight excluding hydrogens is 764 g/mol. The number of allylic oxidation sites excluding steroid dienone is 4. The van der Waals surface area contributed by atoms with E-state index >= 15 is 0 Å². The first-order valence-electron chi connectivity index (χ1n) is 15.8. The Kier molecular flexibility index (Phi) is 8.68. The van der Waals surface area contributed by atoms with E-state index in [-0.39, 0.29) is 42.3 Å². The fourth-order valence-electron chi connectivity index (χ4n) is 7.54. The monoisotopic (exact) mass is 791 g/mol. The van der Waals surface area contributed by atoms with Gasteiger partial charge in [0, 0.05) is 50.0 Å². The molecule has 4 unspecified atom stereocenters. The van der Waals surface area contributed by atoms with E-state index in [1.165, 1.54) is 48.8 Å². The number of fused-ring (bicyclic) bond motifs is 5. The van der Waals surface area contributed by atoms with Gasteiger partial charge in [-0.05, 0) is 23.8 Å². The van der Waals surface area contributed by atoms with Crippen molar-refractivity contribution in [3.05, 3.63) is 94.6 Å². The molecule has 4 aromatic rings. The first-order valence-corrected chi connectivity index (χ1v) is 17.3. The lowest BCUT2D eigenvalue weighted by Gasteiger charge is -2.54. The maximum atomic E-state index is 14.2. The molecule has 2 aliphatic carbocycles. The predicted molar refractivity (Wildman–Crippen MR) is 192 cm³/mol. The van der Waals surface area contributed by atoms with Crippen LogP contribution in [0, 0.1) is 0 Å². The van der Waals surface area contributed by atoms with Crippen LogP contribution in [0.1, 0.15) is 29.6 Å². The van der Waals surface area contributed by atoms with Gasteiger partial charge in [-0.3, -0.25) is 14.4 Å². The molecule has 1 aliphatic heterocycles. The van der Waals surface area contributed by atoms with E-state index in [0.29, 0.717) is 28.1 Å². The van der Waals surface area contributed by atoms with Crippen LogP contribution < -0.4 is 31.1 Å². The van der Waals surface area contributed by atoms with E-state index in [1.807, 2.05) is 0 Å². The molecule has 272 valence electrons. The van der Waals surface area contributed by atoms with Crippen LogP contribution in [-0.4, -0.2) is 71.2 Å². The quantitative estimate of drug-likeness (QED) is 0.216. The normalized spacial score (nSPS) is 24.0. The van der Waals surface area contributed by atoms with Gasteiger partial charge in [0.25, 0.3) is 5.56 Å². The van der Waals surface area contributed by atoms with Gasteiger partial charge < -0.3 is 23.9 Å². The molecule has 3 aliphatic rings. The first-order chi connectivity index (χ1) is 24.6. The third-order valence-electron chi connectivity index (χ3n) is 10.1. The minimum Gasteiger partial charge on any atom is -0.508 e. The van der Waals surface area contributed by atoms with E-state index < -0.39 is 66.7 Å². The van der Waals surface area contributed by atoms with Gasteiger partial charge in [0.05, 0.1) is 44.9 Å². The number of Topliss-reactive ketones (excluding diaryl/α,β-unsaturated/α-hetero) is 2. The third-order valence-corrected chi connectivity index (χ3v) is 12.4. The molecule has 0 saturated heterocycles. The summed E-state index contributed by atoms with van der Waals surface area (Å²) in [5.74, 6) is -2.48. The van der Waals surface area contributed by atoms with Crippen LogP contribution in [0.2, 0.25) is 0 Å². The van der Waals surface area contributed by atoms with Crippen LogP contribution in [0.3, 0.4) is 0 Å². The molecule has 1 fully saturated rings. The molecule has 2 aromatic carbocycles. The zero-order valence-electron chi connectivity index (χ0n) is 27.9. The summed E-state index contributed by atoms with van der Waals surface area (Å²) in [7, 11) is 5.91. The summed E-state index contributed by atoms with van der Waals surface area (Å²) in [6, 6.07) is 6.37. The van der Waals surface area contributed by atoms with Crippen molar-refractivity contribution in [1.29, 1.82) is 0 Å². The highest BCUT2D eigenvalue weighted by atomic mass is 35.5. The highest BCUT2D eigenvalue weighted by Crippen LogP contribution is 2.64. The lowest BCUT2D eigenvalue weighted by molar-refractivity contribution is -0.128. The van der Waals surface area contributed by atoms with Gasteiger partial charge in [0.2, 0.25) is 0 Å². The van der Waals surface area contributed by atoms with Crippen LogP contribution in [0.25, 0.3) is 11.0 Å². The molecule has 0 bridgehead atoms. The van der Waals surface area contributed by atoms with Crippen molar-refractivity contribution >= 4 is 69.0 Å². The number of carbonyl (C=O) groups is 2. The highest BCUT2D eigenvalue weighted by molar-refractivity contribution is 6.66. The van der Waals surface area contributed by atoms with Gasteiger partial charge in [-0.1, -0.05) is 29.3 Å². The highest BCUT2D eigenvalue weighted by Gasteiger charge is 2.71. The maximum absolute atomic E-state index is 14.2. The SMILES string of the molecule is COc1ccc(O)c(C2C3=CCn4c(=O)n(CCc5nc6cc(OC)c(OC)cc6n(C)c5=O)c(=O)n4C3CC3(Cl)C(=O)C(Cl)=C(Cl)C(=O)C23Cl)c1. The molecule has 0 spiro atoms. The van der Waals surface area contributed by atoms with E-state index in [4.69, 9.17) is 60.6 Å². The molecule has 52 heavy (non-hydrogen) atoms. The number of ether oxygens (including phenoxy) is 3. The van der Waals surface area contributed by atoms with Crippen LogP contribution in [0.5, 0.6) is 23.0 Å². The summed E-state index contributed by atoms with van der Waals surface area (Å²) in [6.45, 7) is -0.388. The number of alkyl halides is 2. The van der Waals surface area contributed by atoms with Crippen LogP contribution in [0.4, 0.5) is 0 Å². The van der Waals surface area contributed by atoms with Crippen molar-refractivity contribution in [3.8, 4) is 23.0 Å². The van der Waals surface area contributed by atoms with Crippen molar-refractivity contribution in [2.24, 2.45) is 7.05 Å². The van der Waals surface area contributed by atoms with Gasteiger partial charge in [0.15, 0.2) is 23.1 Å². The molecule has 3 heterocycles. The second-order valence-electron chi connectivity index (χ2n) is 12.6. The number of nitrogens with zero attached hydrogens (tertiary/aromatic N) is 5. The second kappa shape index (κ2) is 12.6. The standard InChI is InChI=1S/C34H29Cl4N5O9/c1-40-20-13-24(52-4)23(51-3)12-19(20)39-18(30(40)47)8-9-41-31(48)42-10-7-16-21(43(42)32(41)49)14-33(37)28(45)26(35)27(36)29(46)34(33,38)25(16)17-11-15(50-2)5-6-22(17)44/h5-7,11-13,21,25,44H,8-10,14H2,1-4H3. The second-order valence-corrected chi connectivity index (χ2v) is 14.6. The van der Waals surface area contributed by atoms with Gasteiger partial charge in [0.1, 0.15) is 37.0 Å². The Morgan fingerprint density at radius 1 is 0.923 bits per heavy atom. The Morgan fingerprint density at radius 3 is 2.27 bits per heavy atom. The molecule has 0 amide bonds. The lowest BCUT2D eigenvalue weighted by atomic mass is 9.59. The maximum Gasteiger partial charge on any atom is 0.347 e. The molecule has 1 saturated carbocycles. The first kappa shape index (κ1) is 35.9. The number of methoxy groups -OCH3 is 3. The summed E-state index contributed by atoms with van der Waals surface area (Å²) in [5.41, 5.74) is -0.549. The van der Waals surface area contributed by atoms with Gasteiger partial charge >= 0.3 is 11.4 Å². The summed E-state index contributed by atoms with van der Waals surface area (Å²) in [5, 5.41) is 9.90. The molecule has 18 heteroatoms. The third kappa shape index (κ3) is 4.84. The van der Waals surface area contributed by atoms with Crippen molar-refractivity contribution in [1.82, 2.24) is 23.5 Å². The Balaban J connectivity index is 1.35. The number of aromatic nitrogens is 5. The lowest BCUT2D eigenvalue weighted by Crippen LogP contribution is -2.67. The van der Waals surface area contributed by atoms with Gasteiger partial charge in [-0.15, -0.1) is 23.2 Å². The minimum absolute atomic E-state index is 0.0646. The Labute approximate surface area is 313 Å². The molecule has 7 rings (SSSR count). The summed E-state index contributed by atoms with van der Waals surface area (Å²) < 4.78 is 20.8. The average molecular weight is 793 g/mol. The number of carbonyl (C=O) groups excluding carboxylic acids is 2. The number of hydrogen-bond acceptors (Lipinski definition) is 10. The minimum atomic E-state index is -2.32. The predicted octanol–water partition coefficient (Wildman–Crippen LogP) is 3.50. The average Bonchev–Trinajstić information content (AvgIpc) is 3.39. The van der Waals surface area contributed by atoms with Gasteiger partial charge in [-0.2, -0.15) is 0 Å². The van der Waals surface area contributed by atoms with Crippen molar-refractivity contribution in [2.75, 3.05) is 21.3 Å². The van der Waals surface area contributed by atoms with Crippen molar-refractivity contribution < 1.29 is 28.9 Å². The molecule has 4 atom stereocenters. The largest absolute Gasteiger partial charge is 0.508 e. The molecule has 14 nitrogen and oxygen atoms in total. The van der Waals surface area contributed by atoms with Crippen molar-refractivity contribution in [3.63, 3.8) is 0 Å². The number of benzene rings is 2. The Bertz CT molecular complexity index is 2500. The van der Waals surface area contributed by atoms with E-state index in [2.05, 4.69) is 4.98 Å². The number of aromatic hydroxyl groups is 1. The molecule has 0 radical (unpaired) electrons.